The van der Waals surface area contributed by atoms with Gasteiger partial charge in [-0.3, -0.25) is 0 Å². The van der Waals surface area contributed by atoms with Crippen LogP contribution in [0.2, 0.25) is 0 Å². The fraction of sp³-hybridized carbons (Fsp3) is 0.111. The van der Waals surface area contributed by atoms with E-state index in [1.54, 1.807) is 0 Å². The lowest BCUT2D eigenvalue weighted by atomic mass is 10.1. The fourth-order valence-corrected chi connectivity index (χ4v) is 0.701. The molecule has 0 heterocycles. The maximum Gasteiger partial charge on any atom is 0.0541 e. The van der Waals surface area contributed by atoms with Gasteiger partial charge in [-0.05, 0) is 12.5 Å². The van der Waals surface area contributed by atoms with E-state index in [4.69, 9.17) is 1.37 Å². The molecule has 1 aromatic carbocycles. The summed E-state index contributed by atoms with van der Waals surface area (Å²) in [7, 11) is 0. The van der Waals surface area contributed by atoms with Crippen molar-refractivity contribution in [1.82, 2.24) is 0 Å². The van der Waals surface area contributed by atoms with E-state index in [9.17, 15) is 0 Å². The molecule has 0 heteroatoms. The topological polar surface area (TPSA) is 0 Å². The molecule has 0 aliphatic carbocycles. The van der Waals surface area contributed by atoms with Crippen LogP contribution in [0.1, 0.15) is 13.9 Å². The second-order valence-corrected chi connectivity index (χ2v) is 2.05. The molecule has 1 rings (SSSR count). The lowest BCUT2D eigenvalue weighted by Crippen LogP contribution is -1.72. The van der Waals surface area contributed by atoms with Crippen LogP contribution in [0.5, 0.6) is 0 Å². The average Bonchev–Trinajstić information content (AvgIpc) is 2.05. The minimum atomic E-state index is 1.00. The van der Waals surface area contributed by atoms with Crippen LogP contribution in [-0.2, 0) is 0 Å². The lowest BCUT2D eigenvalue weighted by Gasteiger charge is -1.94. The second kappa shape index (κ2) is 2.49. The number of hydrogen-bond acceptors (Lipinski definition) is 0. The molecule has 0 amide bonds. The van der Waals surface area contributed by atoms with Gasteiger partial charge in [0, 0.05) is 0 Å². The molecule has 0 aromatic heterocycles. The SMILES string of the molecule is [2H]C=C(C)c1ccccc1. The van der Waals surface area contributed by atoms with Gasteiger partial charge in [0.25, 0.3) is 0 Å². The zero-order chi connectivity index (χ0) is 7.40. The summed E-state index contributed by atoms with van der Waals surface area (Å²) in [6, 6.07) is 9.92. The predicted octanol–water partition coefficient (Wildman–Crippen LogP) is 2.72. The molecule has 0 saturated carbocycles. The summed E-state index contributed by atoms with van der Waals surface area (Å²) in [5.41, 5.74) is 2.12. The maximum atomic E-state index is 6.98. The molecule has 0 radical (unpaired) electrons. The first-order valence-electron chi connectivity index (χ1n) is 3.53. The van der Waals surface area contributed by atoms with Crippen LogP contribution in [0.25, 0.3) is 5.57 Å². The lowest BCUT2D eigenvalue weighted by molar-refractivity contribution is 1.58. The van der Waals surface area contributed by atoms with Crippen molar-refractivity contribution in [1.29, 1.82) is 0 Å². The van der Waals surface area contributed by atoms with E-state index < -0.39 is 0 Å². The molecule has 0 atom stereocenters. The third-order valence-corrected chi connectivity index (χ3v) is 1.23. The number of rotatable bonds is 1. The van der Waals surface area contributed by atoms with E-state index in [0.29, 0.717) is 0 Å². The first-order valence-corrected chi connectivity index (χ1v) is 2.95. The van der Waals surface area contributed by atoms with E-state index in [2.05, 4.69) is 0 Å². The molecule has 0 N–H and O–H groups in total. The first kappa shape index (κ1) is 4.80. The Labute approximate surface area is 57.2 Å². The minimum Gasteiger partial charge on any atom is -0.0955 e. The van der Waals surface area contributed by atoms with Gasteiger partial charge in [-0.15, -0.1) is 0 Å². The summed E-state index contributed by atoms with van der Waals surface area (Å²) >= 11 is 0. The van der Waals surface area contributed by atoms with E-state index in [-0.39, 0.29) is 0 Å². The van der Waals surface area contributed by atoms with E-state index in [1.807, 2.05) is 37.3 Å². The first-order chi connectivity index (χ1) is 4.84. The van der Waals surface area contributed by atoms with Crippen molar-refractivity contribution in [3.05, 3.63) is 42.5 Å². The van der Waals surface area contributed by atoms with Gasteiger partial charge in [0.15, 0.2) is 0 Å². The Morgan fingerprint density at radius 2 is 2.11 bits per heavy atom. The van der Waals surface area contributed by atoms with Crippen LogP contribution in [0.4, 0.5) is 0 Å². The Kier molecular flexibility index (Phi) is 1.33. The van der Waals surface area contributed by atoms with Crippen LogP contribution in [-0.4, -0.2) is 0 Å². The third-order valence-electron chi connectivity index (χ3n) is 1.23. The summed E-state index contributed by atoms with van der Waals surface area (Å²) in [5, 5.41) is 0. The van der Waals surface area contributed by atoms with Crippen molar-refractivity contribution in [3.8, 4) is 0 Å². The van der Waals surface area contributed by atoms with Gasteiger partial charge in [0.05, 0.1) is 1.37 Å². The number of allylic oxidation sites excluding steroid dienone is 1. The van der Waals surface area contributed by atoms with Crippen LogP contribution < -0.4 is 0 Å². The molecule has 0 aliphatic rings. The highest BCUT2D eigenvalue weighted by molar-refractivity contribution is 5.60. The monoisotopic (exact) mass is 119 g/mol. The van der Waals surface area contributed by atoms with Crippen molar-refractivity contribution >= 4 is 5.57 Å². The number of benzene rings is 1. The standard InChI is InChI=1S/C9H10/c1-8(2)9-6-4-3-5-7-9/h3-7H,1H2,2H3/i1D. The van der Waals surface area contributed by atoms with Crippen LogP contribution in [0.15, 0.2) is 36.9 Å². The van der Waals surface area contributed by atoms with Gasteiger partial charge in [-0.1, -0.05) is 42.5 Å². The smallest absolute Gasteiger partial charge is 0.0541 e. The summed E-state index contributed by atoms with van der Waals surface area (Å²) in [5.74, 6) is 0. The van der Waals surface area contributed by atoms with Gasteiger partial charge < -0.3 is 0 Å². The summed E-state index contributed by atoms with van der Waals surface area (Å²) in [4.78, 5) is 0. The highest BCUT2D eigenvalue weighted by Crippen LogP contribution is 2.08. The molecule has 0 nitrogen and oxygen atoms in total. The molecule has 9 heavy (non-hydrogen) atoms. The van der Waals surface area contributed by atoms with Gasteiger partial charge in [-0.25, -0.2) is 0 Å². The van der Waals surface area contributed by atoms with E-state index in [1.165, 1.54) is 6.55 Å². The molecular weight excluding hydrogens is 108 g/mol. The normalized spacial score (nSPS) is 13.0. The van der Waals surface area contributed by atoms with Gasteiger partial charge >= 0.3 is 0 Å². The highest BCUT2D eigenvalue weighted by Gasteiger charge is 1.86. The van der Waals surface area contributed by atoms with E-state index >= 15 is 0 Å². The van der Waals surface area contributed by atoms with Gasteiger partial charge in [-0.2, -0.15) is 0 Å². The van der Waals surface area contributed by atoms with Crippen LogP contribution in [0.3, 0.4) is 0 Å². The van der Waals surface area contributed by atoms with Crippen LogP contribution in [0, 0.1) is 0 Å². The van der Waals surface area contributed by atoms with Crippen molar-refractivity contribution in [2.45, 2.75) is 6.92 Å². The zero-order valence-electron chi connectivity index (χ0n) is 6.46. The molecule has 0 fully saturated rings. The quantitative estimate of drug-likeness (QED) is 0.533. The molecule has 0 spiro atoms. The molecule has 0 bridgehead atoms. The largest absolute Gasteiger partial charge is 0.0955 e. The zero-order valence-corrected chi connectivity index (χ0v) is 5.46. The van der Waals surface area contributed by atoms with Crippen molar-refractivity contribution in [2.24, 2.45) is 0 Å². The summed E-state index contributed by atoms with van der Waals surface area (Å²) in [6.07, 6.45) is 0. The Balaban J connectivity index is 2.96. The molecule has 0 saturated heterocycles. The summed E-state index contributed by atoms with van der Waals surface area (Å²) < 4.78 is 6.98. The molecule has 46 valence electrons. The van der Waals surface area contributed by atoms with Gasteiger partial charge in [0.1, 0.15) is 0 Å². The van der Waals surface area contributed by atoms with Crippen molar-refractivity contribution in [3.63, 3.8) is 0 Å². The van der Waals surface area contributed by atoms with Crippen molar-refractivity contribution < 1.29 is 1.37 Å². The van der Waals surface area contributed by atoms with Crippen molar-refractivity contribution in [2.75, 3.05) is 0 Å². The van der Waals surface area contributed by atoms with Crippen LogP contribution >= 0.6 is 0 Å². The third kappa shape index (κ3) is 1.43. The molecule has 0 unspecified atom stereocenters. The second-order valence-electron chi connectivity index (χ2n) is 2.05. The molecular formula is C9H10. The highest BCUT2D eigenvalue weighted by atomic mass is 13.9. The average molecular weight is 119 g/mol. The minimum absolute atomic E-state index is 1.00. The Morgan fingerprint density at radius 1 is 1.44 bits per heavy atom. The summed E-state index contributed by atoms with van der Waals surface area (Å²) in [6.45, 7) is 3.30. The Hall–Kier alpha value is -1.04. The molecule has 1 aromatic rings. The predicted molar refractivity (Wildman–Crippen MR) is 41.2 cm³/mol. The Bertz CT molecular complexity index is 224. The fourth-order valence-electron chi connectivity index (χ4n) is 0.701. The van der Waals surface area contributed by atoms with E-state index in [0.717, 1.165) is 11.1 Å². The molecule has 0 aliphatic heterocycles. The number of hydrogen-bond donors (Lipinski definition) is 0. The maximum absolute atomic E-state index is 6.98. The van der Waals surface area contributed by atoms with Gasteiger partial charge in [0.2, 0.25) is 0 Å². The Morgan fingerprint density at radius 3 is 2.67 bits per heavy atom.